The smallest absolute Gasteiger partial charge is 0.282 e. The van der Waals surface area contributed by atoms with Crippen molar-refractivity contribution in [1.82, 2.24) is 23.4 Å². The first-order chi connectivity index (χ1) is 13.6. The Kier molecular flexibility index (Phi) is 5.63. The molecule has 4 rings (SSSR count). The van der Waals surface area contributed by atoms with Crippen molar-refractivity contribution >= 4 is 10.2 Å². The van der Waals surface area contributed by atoms with Crippen molar-refractivity contribution in [2.45, 2.75) is 33.0 Å². The van der Waals surface area contributed by atoms with E-state index in [4.69, 9.17) is 9.47 Å². The van der Waals surface area contributed by atoms with Crippen LogP contribution in [0.1, 0.15) is 23.9 Å². The van der Waals surface area contributed by atoms with Crippen LogP contribution in [-0.4, -0.2) is 64.6 Å². The first-order valence-electron chi connectivity index (χ1n) is 9.54. The van der Waals surface area contributed by atoms with E-state index in [1.54, 1.807) is 16.6 Å². The molecule has 0 N–H and O–H groups in total. The minimum atomic E-state index is -3.51. The molecule has 1 fully saturated rings. The lowest BCUT2D eigenvalue weighted by atomic mass is 10.1. The number of rotatable bonds is 6. The Morgan fingerprint density at radius 1 is 1.18 bits per heavy atom. The number of ether oxygens (including phenoxy) is 2. The molecule has 0 unspecified atom stereocenters. The van der Waals surface area contributed by atoms with Crippen LogP contribution in [0.4, 0.5) is 0 Å². The summed E-state index contributed by atoms with van der Waals surface area (Å²) in [6.45, 7) is 5.48. The van der Waals surface area contributed by atoms with Crippen LogP contribution in [0.3, 0.4) is 0 Å². The van der Waals surface area contributed by atoms with Crippen molar-refractivity contribution in [3.05, 3.63) is 41.3 Å². The number of aryl methyl sites for hydroxylation is 1. The van der Waals surface area contributed by atoms with E-state index >= 15 is 0 Å². The van der Waals surface area contributed by atoms with Gasteiger partial charge in [0.05, 0.1) is 13.2 Å². The lowest BCUT2D eigenvalue weighted by Gasteiger charge is -2.34. The van der Waals surface area contributed by atoms with E-state index in [-0.39, 0.29) is 6.61 Å². The SMILES string of the molecule is CCn1nc(COc2ccccn2)c2c1CCN(S(=O)(=O)N1CCOCC1)C2. The summed E-state index contributed by atoms with van der Waals surface area (Å²) >= 11 is 0. The van der Waals surface area contributed by atoms with Gasteiger partial charge >= 0.3 is 0 Å². The fourth-order valence-corrected chi connectivity index (χ4v) is 5.18. The van der Waals surface area contributed by atoms with E-state index in [2.05, 4.69) is 10.1 Å². The second kappa shape index (κ2) is 8.16. The van der Waals surface area contributed by atoms with Crippen LogP contribution in [0, 0.1) is 0 Å². The van der Waals surface area contributed by atoms with Gasteiger partial charge in [0.15, 0.2) is 0 Å². The summed E-state index contributed by atoms with van der Waals surface area (Å²) in [5.74, 6) is 0.524. The lowest BCUT2D eigenvalue weighted by Crippen LogP contribution is -2.49. The first kappa shape index (κ1) is 19.3. The molecule has 0 amide bonds. The Morgan fingerprint density at radius 2 is 2.00 bits per heavy atom. The maximum Gasteiger partial charge on any atom is 0.282 e. The van der Waals surface area contributed by atoms with Gasteiger partial charge in [-0.05, 0) is 13.0 Å². The summed E-state index contributed by atoms with van der Waals surface area (Å²) in [6, 6.07) is 5.48. The number of morpholine rings is 1. The molecular formula is C18H25N5O4S. The molecule has 0 saturated carbocycles. The van der Waals surface area contributed by atoms with E-state index in [1.165, 1.54) is 4.31 Å². The zero-order valence-corrected chi connectivity index (χ0v) is 16.8. The summed E-state index contributed by atoms with van der Waals surface area (Å²) in [5.41, 5.74) is 2.81. The van der Waals surface area contributed by atoms with Crippen molar-refractivity contribution in [3.8, 4) is 5.88 Å². The standard InChI is InChI=1S/C18H25N5O4S/c1-2-23-17-6-8-22(28(24,25)21-9-11-26-12-10-21)13-15(17)16(20-23)14-27-18-5-3-4-7-19-18/h3-5,7H,2,6,8-14H2,1H3. The maximum absolute atomic E-state index is 13.0. The van der Waals surface area contributed by atoms with Crippen molar-refractivity contribution in [1.29, 1.82) is 0 Å². The fraction of sp³-hybridized carbons (Fsp3) is 0.556. The average molecular weight is 407 g/mol. The number of aromatic nitrogens is 3. The molecule has 28 heavy (non-hydrogen) atoms. The van der Waals surface area contributed by atoms with Gasteiger partial charge in [0.25, 0.3) is 10.2 Å². The predicted molar refractivity (Wildman–Crippen MR) is 102 cm³/mol. The van der Waals surface area contributed by atoms with Gasteiger partial charge in [-0.25, -0.2) is 4.98 Å². The van der Waals surface area contributed by atoms with E-state index in [0.29, 0.717) is 51.7 Å². The third-order valence-electron chi connectivity index (χ3n) is 5.10. The third-order valence-corrected chi connectivity index (χ3v) is 7.08. The van der Waals surface area contributed by atoms with Gasteiger partial charge in [-0.2, -0.15) is 22.1 Å². The van der Waals surface area contributed by atoms with E-state index < -0.39 is 10.2 Å². The van der Waals surface area contributed by atoms with E-state index in [0.717, 1.165) is 23.5 Å². The molecule has 0 radical (unpaired) electrons. The highest BCUT2D eigenvalue weighted by molar-refractivity contribution is 7.86. The van der Waals surface area contributed by atoms with Crippen LogP contribution in [0.15, 0.2) is 24.4 Å². The van der Waals surface area contributed by atoms with Crippen molar-refractivity contribution in [3.63, 3.8) is 0 Å². The second-order valence-corrected chi connectivity index (χ2v) is 8.68. The van der Waals surface area contributed by atoms with Crippen LogP contribution in [0.5, 0.6) is 5.88 Å². The Hall–Kier alpha value is -2.01. The van der Waals surface area contributed by atoms with E-state index in [9.17, 15) is 8.42 Å². The van der Waals surface area contributed by atoms with Gasteiger partial charge in [-0.1, -0.05) is 6.07 Å². The molecule has 1 saturated heterocycles. The van der Waals surface area contributed by atoms with Crippen LogP contribution in [0.2, 0.25) is 0 Å². The molecule has 152 valence electrons. The molecule has 0 bridgehead atoms. The summed E-state index contributed by atoms with van der Waals surface area (Å²) in [6.07, 6.45) is 2.31. The van der Waals surface area contributed by atoms with Crippen LogP contribution in [0.25, 0.3) is 0 Å². The third kappa shape index (κ3) is 3.77. The highest BCUT2D eigenvalue weighted by Crippen LogP contribution is 2.27. The molecule has 0 aromatic carbocycles. The minimum absolute atomic E-state index is 0.262. The molecule has 2 aliphatic rings. The molecule has 0 spiro atoms. The highest BCUT2D eigenvalue weighted by Gasteiger charge is 2.35. The second-order valence-electron chi connectivity index (χ2n) is 6.75. The monoisotopic (exact) mass is 407 g/mol. The van der Waals surface area contributed by atoms with Gasteiger partial charge < -0.3 is 9.47 Å². The van der Waals surface area contributed by atoms with Crippen molar-refractivity contribution in [2.24, 2.45) is 0 Å². The van der Waals surface area contributed by atoms with Gasteiger partial charge in [0.2, 0.25) is 5.88 Å². The minimum Gasteiger partial charge on any atom is -0.471 e. The summed E-state index contributed by atoms with van der Waals surface area (Å²) in [5, 5.41) is 4.66. The average Bonchev–Trinajstić information content (AvgIpc) is 3.11. The van der Waals surface area contributed by atoms with Crippen LogP contribution in [-0.2, 0) is 41.1 Å². The van der Waals surface area contributed by atoms with Gasteiger partial charge in [0, 0.05) is 62.7 Å². The van der Waals surface area contributed by atoms with E-state index in [1.807, 2.05) is 23.7 Å². The number of hydrogen-bond donors (Lipinski definition) is 0. The maximum atomic E-state index is 13.0. The molecule has 4 heterocycles. The zero-order chi connectivity index (χ0) is 19.6. The Balaban J connectivity index is 1.55. The number of hydrogen-bond acceptors (Lipinski definition) is 6. The molecule has 2 aromatic rings. The number of fused-ring (bicyclic) bond motifs is 1. The largest absolute Gasteiger partial charge is 0.471 e. The molecule has 9 nitrogen and oxygen atoms in total. The lowest BCUT2D eigenvalue weighted by molar-refractivity contribution is 0.0698. The number of nitrogens with zero attached hydrogens (tertiary/aromatic N) is 5. The van der Waals surface area contributed by atoms with Gasteiger partial charge in [0.1, 0.15) is 12.3 Å². The molecule has 0 atom stereocenters. The van der Waals surface area contributed by atoms with Gasteiger partial charge in [-0.3, -0.25) is 4.68 Å². The summed E-state index contributed by atoms with van der Waals surface area (Å²) in [4.78, 5) is 4.17. The van der Waals surface area contributed by atoms with Crippen LogP contribution < -0.4 is 4.74 Å². The van der Waals surface area contributed by atoms with Crippen LogP contribution >= 0.6 is 0 Å². The highest BCUT2D eigenvalue weighted by atomic mass is 32.2. The van der Waals surface area contributed by atoms with Gasteiger partial charge in [-0.15, -0.1) is 0 Å². The number of pyridine rings is 1. The molecule has 2 aromatic heterocycles. The molecular weight excluding hydrogens is 382 g/mol. The quantitative estimate of drug-likeness (QED) is 0.704. The topological polar surface area (TPSA) is 89.8 Å². The summed E-state index contributed by atoms with van der Waals surface area (Å²) in [7, 11) is -3.51. The molecule has 2 aliphatic heterocycles. The zero-order valence-electron chi connectivity index (χ0n) is 16.0. The van der Waals surface area contributed by atoms with Crippen molar-refractivity contribution in [2.75, 3.05) is 32.8 Å². The molecule has 10 heteroatoms. The fourth-order valence-electron chi connectivity index (χ4n) is 3.63. The van der Waals surface area contributed by atoms with Crippen molar-refractivity contribution < 1.29 is 17.9 Å². The first-order valence-corrected chi connectivity index (χ1v) is 10.9. The Labute approximate surface area is 165 Å². The normalized spacial score (nSPS) is 18.8. The molecule has 0 aliphatic carbocycles. The Bertz CT molecular complexity index is 910. The predicted octanol–water partition coefficient (Wildman–Crippen LogP) is 0.812. The Morgan fingerprint density at radius 3 is 2.71 bits per heavy atom. The summed E-state index contributed by atoms with van der Waals surface area (Å²) < 4.78 is 42.2.